The fourth-order valence-corrected chi connectivity index (χ4v) is 5.24. The average molecular weight is 470 g/mol. The van der Waals surface area contributed by atoms with Crippen LogP contribution in [0.3, 0.4) is 0 Å². The maximum atomic E-state index is 12.8. The van der Waals surface area contributed by atoms with E-state index in [2.05, 4.69) is 0 Å². The highest BCUT2D eigenvalue weighted by atomic mass is 35.5. The zero-order valence-corrected chi connectivity index (χ0v) is 17.6. The van der Waals surface area contributed by atoms with Crippen LogP contribution >= 0.6 is 11.6 Å². The largest absolute Gasteiger partial charge is 0.506 e. The van der Waals surface area contributed by atoms with Gasteiger partial charge in [0.25, 0.3) is 15.7 Å². The molecule has 1 atom stereocenters. The van der Waals surface area contributed by atoms with Crippen molar-refractivity contribution in [1.29, 1.82) is 0 Å². The number of hydrogen-bond donors (Lipinski definition) is 2. The van der Waals surface area contributed by atoms with Crippen molar-refractivity contribution in [2.24, 2.45) is 5.73 Å². The van der Waals surface area contributed by atoms with E-state index in [4.69, 9.17) is 17.3 Å². The molecule has 158 valence electrons. The van der Waals surface area contributed by atoms with Crippen LogP contribution in [0.2, 0.25) is 5.02 Å². The number of phenols is 1. The van der Waals surface area contributed by atoms with Crippen LogP contribution in [0.1, 0.15) is 21.5 Å². The molecule has 12 heteroatoms. The van der Waals surface area contributed by atoms with Gasteiger partial charge in [-0.05, 0) is 37.1 Å². The molecule has 1 unspecified atom stereocenters. The monoisotopic (exact) mass is 469 g/mol. The first-order valence-electron chi connectivity index (χ1n) is 7.73. The Hall–Kier alpha value is -2.11. The number of aromatic hydroxyl groups is 1. The molecule has 0 saturated heterocycles. The number of halogens is 4. The van der Waals surface area contributed by atoms with Crippen molar-refractivity contribution in [3.8, 4) is 16.9 Å². The molecule has 0 bridgehead atoms. The van der Waals surface area contributed by atoms with Crippen LogP contribution in [0.15, 0.2) is 28.0 Å². The molecule has 0 spiro atoms. The molecule has 0 saturated carbocycles. The first-order chi connectivity index (χ1) is 13.1. The molecule has 2 aromatic carbocycles. The van der Waals surface area contributed by atoms with Crippen molar-refractivity contribution in [1.82, 2.24) is 0 Å². The molecular weight excluding hydrogens is 455 g/mol. The number of hydrogen-bond acceptors (Lipinski definition) is 5. The standard InChI is InChI=1S/C17H15ClF3NO5S2/c1-7-12(14(23)13(16(22)24)8(2)15(7)28(3)25)10-5-4-9(6-11(10)18)29(26,27)17(19,20)21/h4-6,23H,1-3H3,(H2,22,24). The minimum atomic E-state index is -5.64. The first kappa shape index (κ1) is 23.2. The number of rotatable bonds is 4. The molecule has 2 rings (SSSR count). The number of alkyl halides is 3. The van der Waals surface area contributed by atoms with E-state index in [1.165, 1.54) is 20.1 Å². The van der Waals surface area contributed by atoms with Gasteiger partial charge in [-0.3, -0.25) is 9.00 Å². The van der Waals surface area contributed by atoms with E-state index < -0.39 is 47.7 Å². The van der Waals surface area contributed by atoms with Crippen LogP contribution in [-0.2, 0) is 20.6 Å². The maximum absolute atomic E-state index is 12.8. The minimum Gasteiger partial charge on any atom is -0.506 e. The Morgan fingerprint density at radius 1 is 1.21 bits per heavy atom. The number of carbonyl (C=O) groups is 1. The summed E-state index contributed by atoms with van der Waals surface area (Å²) in [5.74, 6) is -1.62. The molecule has 0 aliphatic carbocycles. The summed E-state index contributed by atoms with van der Waals surface area (Å²) in [6.45, 7) is 2.91. The van der Waals surface area contributed by atoms with E-state index in [0.29, 0.717) is 12.1 Å². The summed E-state index contributed by atoms with van der Waals surface area (Å²) in [6.07, 6.45) is 1.33. The second kappa shape index (κ2) is 7.62. The Morgan fingerprint density at radius 2 is 1.76 bits per heavy atom. The highest BCUT2D eigenvalue weighted by Crippen LogP contribution is 2.44. The van der Waals surface area contributed by atoms with E-state index >= 15 is 0 Å². The number of amides is 1. The normalized spacial score (nSPS) is 13.3. The zero-order chi connectivity index (χ0) is 22.5. The van der Waals surface area contributed by atoms with Gasteiger partial charge in [-0.2, -0.15) is 13.2 Å². The van der Waals surface area contributed by atoms with Crippen LogP contribution in [0.5, 0.6) is 5.75 Å². The van der Waals surface area contributed by atoms with Crippen LogP contribution in [0.4, 0.5) is 13.2 Å². The van der Waals surface area contributed by atoms with Gasteiger partial charge in [-0.1, -0.05) is 17.7 Å². The van der Waals surface area contributed by atoms with Crippen molar-refractivity contribution in [2.75, 3.05) is 6.26 Å². The van der Waals surface area contributed by atoms with E-state index in [1.807, 2.05) is 0 Å². The van der Waals surface area contributed by atoms with Crippen LogP contribution < -0.4 is 5.73 Å². The molecule has 29 heavy (non-hydrogen) atoms. The Kier molecular flexibility index (Phi) is 6.09. The van der Waals surface area contributed by atoms with Crippen molar-refractivity contribution in [3.63, 3.8) is 0 Å². The molecule has 0 fully saturated rings. The quantitative estimate of drug-likeness (QED) is 0.711. The second-order valence-electron chi connectivity index (χ2n) is 6.09. The molecule has 0 aliphatic heterocycles. The fraction of sp³-hybridized carbons (Fsp3) is 0.235. The summed E-state index contributed by atoms with van der Waals surface area (Å²) >= 11 is 6.03. The SMILES string of the molecule is Cc1c(C(N)=O)c(O)c(-c2ccc(S(=O)(=O)C(F)(F)F)cc2Cl)c(C)c1S(C)=O. The number of carbonyl (C=O) groups excluding carboxylic acids is 1. The van der Waals surface area contributed by atoms with Gasteiger partial charge in [0.15, 0.2) is 0 Å². The topological polar surface area (TPSA) is 115 Å². The van der Waals surface area contributed by atoms with Crippen LogP contribution in [-0.4, -0.2) is 35.4 Å². The Bertz CT molecular complexity index is 1120. The van der Waals surface area contributed by atoms with Crippen molar-refractivity contribution in [3.05, 3.63) is 39.9 Å². The third-order valence-corrected chi connectivity index (χ3v) is 7.25. The average Bonchev–Trinajstić information content (AvgIpc) is 2.54. The Morgan fingerprint density at radius 3 is 2.17 bits per heavy atom. The van der Waals surface area contributed by atoms with Crippen molar-refractivity contribution in [2.45, 2.75) is 29.1 Å². The molecule has 0 aromatic heterocycles. The molecule has 6 nitrogen and oxygen atoms in total. The smallest absolute Gasteiger partial charge is 0.501 e. The van der Waals surface area contributed by atoms with Crippen molar-refractivity contribution >= 4 is 38.1 Å². The summed E-state index contributed by atoms with van der Waals surface area (Å²) in [7, 11) is -7.25. The van der Waals surface area contributed by atoms with Gasteiger partial charge in [0.1, 0.15) is 5.75 Å². The van der Waals surface area contributed by atoms with Gasteiger partial charge in [-0.15, -0.1) is 0 Å². The highest BCUT2D eigenvalue weighted by molar-refractivity contribution is 7.92. The fourth-order valence-electron chi connectivity index (χ4n) is 3.05. The second-order valence-corrected chi connectivity index (χ2v) is 9.75. The Labute approximate surface area is 171 Å². The zero-order valence-electron chi connectivity index (χ0n) is 15.2. The van der Waals surface area contributed by atoms with Crippen molar-refractivity contribution < 1.29 is 35.7 Å². The predicted molar refractivity (Wildman–Crippen MR) is 102 cm³/mol. The van der Waals surface area contributed by atoms with Crippen LogP contribution in [0.25, 0.3) is 11.1 Å². The summed E-state index contributed by atoms with van der Waals surface area (Å²) in [6, 6.07) is 2.23. The van der Waals surface area contributed by atoms with Gasteiger partial charge in [0.2, 0.25) is 0 Å². The van der Waals surface area contributed by atoms with Gasteiger partial charge < -0.3 is 10.8 Å². The third kappa shape index (κ3) is 3.86. The van der Waals surface area contributed by atoms with Gasteiger partial charge in [0, 0.05) is 27.3 Å². The number of benzene rings is 2. The van der Waals surface area contributed by atoms with E-state index in [9.17, 15) is 35.7 Å². The molecule has 0 aliphatic rings. The first-order valence-corrected chi connectivity index (χ1v) is 11.2. The lowest BCUT2D eigenvalue weighted by Gasteiger charge is -2.19. The van der Waals surface area contributed by atoms with E-state index in [-0.39, 0.29) is 32.7 Å². The van der Waals surface area contributed by atoms with E-state index in [0.717, 1.165) is 6.07 Å². The molecule has 1 amide bonds. The van der Waals surface area contributed by atoms with Crippen LogP contribution in [0, 0.1) is 13.8 Å². The number of sulfone groups is 1. The predicted octanol–water partition coefficient (Wildman–Crippen LogP) is 3.46. The molecule has 2 aromatic rings. The summed E-state index contributed by atoms with van der Waals surface area (Å²) < 4.78 is 73.7. The summed E-state index contributed by atoms with van der Waals surface area (Å²) in [5, 5.41) is 10.2. The highest BCUT2D eigenvalue weighted by Gasteiger charge is 2.47. The van der Waals surface area contributed by atoms with Gasteiger partial charge >= 0.3 is 5.51 Å². The molecule has 0 heterocycles. The lowest BCUT2D eigenvalue weighted by atomic mass is 9.93. The minimum absolute atomic E-state index is 0.0583. The third-order valence-electron chi connectivity index (χ3n) is 4.26. The summed E-state index contributed by atoms with van der Waals surface area (Å²) in [5.41, 5.74) is -0.242. The molecule has 3 N–H and O–H groups in total. The number of primary amides is 1. The lowest BCUT2D eigenvalue weighted by Crippen LogP contribution is -2.23. The van der Waals surface area contributed by atoms with E-state index in [1.54, 1.807) is 0 Å². The number of nitrogens with two attached hydrogens (primary N) is 1. The molecule has 0 radical (unpaired) electrons. The molecular formula is C17H15ClF3NO5S2. The van der Waals surface area contributed by atoms with Gasteiger partial charge in [0.05, 0.1) is 21.3 Å². The summed E-state index contributed by atoms with van der Waals surface area (Å²) in [4.78, 5) is 10.9. The lowest BCUT2D eigenvalue weighted by molar-refractivity contribution is -0.0436. The maximum Gasteiger partial charge on any atom is 0.501 e. The Balaban J connectivity index is 2.89. The van der Waals surface area contributed by atoms with Gasteiger partial charge in [-0.25, -0.2) is 8.42 Å².